The molecule has 0 spiro atoms. The van der Waals surface area contributed by atoms with Crippen LogP contribution in [0.25, 0.3) is 0 Å². The fraction of sp³-hybridized carbons (Fsp3) is 0.929. The molecule has 1 N–H and O–H groups in total. The molecule has 1 unspecified atom stereocenters. The first-order valence-electron chi connectivity index (χ1n) is 7.40. The van der Waals surface area contributed by atoms with Crippen molar-refractivity contribution >= 4 is 6.03 Å². The van der Waals surface area contributed by atoms with E-state index in [0.29, 0.717) is 5.92 Å². The van der Waals surface area contributed by atoms with Crippen molar-refractivity contribution < 1.29 is 9.90 Å². The van der Waals surface area contributed by atoms with Crippen LogP contribution in [-0.2, 0) is 0 Å². The predicted molar refractivity (Wildman–Crippen MR) is 71.4 cm³/mol. The number of rotatable bonds is 1. The summed E-state index contributed by atoms with van der Waals surface area (Å²) in [6.45, 7) is 5.33. The summed E-state index contributed by atoms with van der Waals surface area (Å²) in [5, 5.41) is 9.57. The third kappa shape index (κ3) is 3.37. The Morgan fingerprint density at radius 2 is 1.50 bits per heavy atom. The molecule has 4 nitrogen and oxygen atoms in total. The first-order chi connectivity index (χ1) is 8.68. The van der Waals surface area contributed by atoms with Gasteiger partial charge in [-0.25, -0.2) is 4.79 Å². The Morgan fingerprint density at radius 3 is 2.00 bits per heavy atom. The van der Waals surface area contributed by atoms with Crippen molar-refractivity contribution in [3.05, 3.63) is 0 Å². The predicted octanol–water partition coefficient (Wildman–Crippen LogP) is 2.08. The van der Waals surface area contributed by atoms with Gasteiger partial charge in [0.2, 0.25) is 0 Å². The molecule has 0 aliphatic carbocycles. The van der Waals surface area contributed by atoms with Crippen molar-refractivity contribution in [3.8, 4) is 0 Å². The van der Waals surface area contributed by atoms with Crippen LogP contribution in [0.15, 0.2) is 0 Å². The number of hydrogen-bond acceptors (Lipinski definition) is 2. The zero-order valence-electron chi connectivity index (χ0n) is 11.5. The molecule has 2 fully saturated rings. The monoisotopic (exact) mass is 254 g/mol. The number of aliphatic hydroxyl groups is 1. The van der Waals surface area contributed by atoms with Crippen molar-refractivity contribution in [2.75, 3.05) is 26.2 Å². The fourth-order valence-corrected chi connectivity index (χ4v) is 3.04. The first-order valence-corrected chi connectivity index (χ1v) is 7.40. The number of carbonyl (C=O) groups is 1. The van der Waals surface area contributed by atoms with E-state index >= 15 is 0 Å². The van der Waals surface area contributed by atoms with Crippen LogP contribution in [0.4, 0.5) is 4.79 Å². The Hall–Kier alpha value is -0.770. The summed E-state index contributed by atoms with van der Waals surface area (Å²) in [5.74, 6) is 0.373. The molecule has 4 heteroatoms. The van der Waals surface area contributed by atoms with Gasteiger partial charge in [-0.1, -0.05) is 12.8 Å². The van der Waals surface area contributed by atoms with Gasteiger partial charge < -0.3 is 14.9 Å². The van der Waals surface area contributed by atoms with Gasteiger partial charge in [0.1, 0.15) is 0 Å². The third-order valence-electron chi connectivity index (χ3n) is 4.37. The quantitative estimate of drug-likeness (QED) is 0.778. The third-order valence-corrected chi connectivity index (χ3v) is 4.37. The second kappa shape index (κ2) is 6.41. The minimum atomic E-state index is -0.236. The fourth-order valence-electron chi connectivity index (χ4n) is 3.04. The standard InChI is InChI=1S/C14H26N2O2/c1-12(17)13-6-10-16(11-7-13)14(18)15-8-4-2-3-5-9-15/h12-13,17H,2-11H2,1H3. The van der Waals surface area contributed by atoms with Crippen LogP contribution in [0, 0.1) is 5.92 Å². The number of nitrogens with zero attached hydrogens (tertiary/aromatic N) is 2. The molecule has 0 aromatic carbocycles. The molecular weight excluding hydrogens is 228 g/mol. The number of carbonyl (C=O) groups excluding carboxylic acids is 1. The number of hydrogen-bond donors (Lipinski definition) is 1. The molecule has 1 atom stereocenters. The highest BCUT2D eigenvalue weighted by molar-refractivity contribution is 5.74. The maximum atomic E-state index is 12.4. The molecule has 2 rings (SSSR count). The van der Waals surface area contributed by atoms with E-state index in [-0.39, 0.29) is 12.1 Å². The molecule has 18 heavy (non-hydrogen) atoms. The topological polar surface area (TPSA) is 43.8 Å². The van der Waals surface area contributed by atoms with E-state index in [1.165, 1.54) is 12.8 Å². The van der Waals surface area contributed by atoms with Crippen LogP contribution >= 0.6 is 0 Å². The summed E-state index contributed by atoms with van der Waals surface area (Å²) < 4.78 is 0. The lowest BCUT2D eigenvalue weighted by Gasteiger charge is -2.36. The second-order valence-corrected chi connectivity index (χ2v) is 5.75. The molecule has 2 aliphatic rings. The van der Waals surface area contributed by atoms with Crippen LogP contribution in [0.2, 0.25) is 0 Å². The van der Waals surface area contributed by atoms with E-state index in [0.717, 1.165) is 51.9 Å². The molecule has 104 valence electrons. The van der Waals surface area contributed by atoms with Crippen LogP contribution in [0.1, 0.15) is 45.4 Å². The van der Waals surface area contributed by atoms with Gasteiger partial charge in [0.25, 0.3) is 0 Å². The molecule has 0 aromatic heterocycles. The summed E-state index contributed by atoms with van der Waals surface area (Å²) >= 11 is 0. The van der Waals surface area contributed by atoms with Gasteiger partial charge in [0, 0.05) is 26.2 Å². The molecule has 0 saturated carbocycles. The lowest BCUT2D eigenvalue weighted by atomic mass is 9.92. The van der Waals surface area contributed by atoms with Crippen molar-refractivity contribution in [1.82, 2.24) is 9.80 Å². The highest BCUT2D eigenvalue weighted by Gasteiger charge is 2.28. The number of urea groups is 1. The van der Waals surface area contributed by atoms with Gasteiger partial charge in [-0.05, 0) is 38.5 Å². The normalized spacial score (nSPS) is 24.8. The van der Waals surface area contributed by atoms with Crippen molar-refractivity contribution in [1.29, 1.82) is 0 Å². The highest BCUT2D eigenvalue weighted by atomic mass is 16.3. The highest BCUT2D eigenvalue weighted by Crippen LogP contribution is 2.22. The van der Waals surface area contributed by atoms with Gasteiger partial charge in [0.05, 0.1) is 6.10 Å². The summed E-state index contributed by atoms with van der Waals surface area (Å²) in [6, 6.07) is 0.223. The number of aliphatic hydroxyl groups excluding tert-OH is 1. The number of piperidine rings is 1. The van der Waals surface area contributed by atoms with Crippen LogP contribution in [-0.4, -0.2) is 53.2 Å². The molecule has 2 heterocycles. The Morgan fingerprint density at radius 1 is 1.00 bits per heavy atom. The Balaban J connectivity index is 1.82. The zero-order valence-corrected chi connectivity index (χ0v) is 11.5. The van der Waals surface area contributed by atoms with Crippen LogP contribution < -0.4 is 0 Å². The number of amides is 2. The Labute approximate surface area is 110 Å². The molecule has 2 amide bonds. The van der Waals surface area contributed by atoms with Gasteiger partial charge >= 0.3 is 6.03 Å². The lowest BCUT2D eigenvalue weighted by Crippen LogP contribution is -2.47. The summed E-state index contributed by atoms with van der Waals surface area (Å²) in [5.41, 5.74) is 0. The van der Waals surface area contributed by atoms with E-state index in [1.54, 1.807) is 0 Å². The Kier molecular flexibility index (Phi) is 4.87. The molecule has 0 aromatic rings. The average Bonchev–Trinajstić information content (AvgIpc) is 2.67. The van der Waals surface area contributed by atoms with Gasteiger partial charge in [0.15, 0.2) is 0 Å². The molecule has 0 radical (unpaired) electrons. The van der Waals surface area contributed by atoms with E-state index < -0.39 is 0 Å². The maximum absolute atomic E-state index is 12.4. The van der Waals surface area contributed by atoms with E-state index in [1.807, 2.05) is 16.7 Å². The summed E-state index contributed by atoms with van der Waals surface area (Å²) in [4.78, 5) is 16.4. The second-order valence-electron chi connectivity index (χ2n) is 5.75. The zero-order chi connectivity index (χ0) is 13.0. The lowest BCUT2D eigenvalue weighted by molar-refractivity contribution is 0.0721. The SMILES string of the molecule is CC(O)C1CCN(C(=O)N2CCCCCC2)CC1. The van der Waals surface area contributed by atoms with Crippen molar-refractivity contribution in [2.45, 2.75) is 51.6 Å². The minimum absolute atomic E-state index is 0.223. The van der Waals surface area contributed by atoms with Gasteiger partial charge in [-0.15, -0.1) is 0 Å². The summed E-state index contributed by atoms with van der Waals surface area (Å²) in [7, 11) is 0. The number of likely N-dealkylation sites (tertiary alicyclic amines) is 2. The molecule has 2 aliphatic heterocycles. The van der Waals surface area contributed by atoms with E-state index in [2.05, 4.69) is 0 Å². The van der Waals surface area contributed by atoms with Crippen LogP contribution in [0.3, 0.4) is 0 Å². The average molecular weight is 254 g/mol. The van der Waals surface area contributed by atoms with E-state index in [9.17, 15) is 9.90 Å². The molecular formula is C14H26N2O2. The smallest absolute Gasteiger partial charge is 0.319 e. The first kappa shape index (κ1) is 13.7. The maximum Gasteiger partial charge on any atom is 0.319 e. The van der Waals surface area contributed by atoms with Crippen molar-refractivity contribution in [3.63, 3.8) is 0 Å². The Bertz CT molecular complexity index is 265. The van der Waals surface area contributed by atoms with Crippen molar-refractivity contribution in [2.24, 2.45) is 5.92 Å². The van der Waals surface area contributed by atoms with E-state index in [4.69, 9.17) is 0 Å². The summed E-state index contributed by atoms with van der Waals surface area (Å²) in [6.07, 6.45) is 6.46. The van der Waals surface area contributed by atoms with Gasteiger partial charge in [-0.3, -0.25) is 0 Å². The molecule has 0 bridgehead atoms. The minimum Gasteiger partial charge on any atom is -0.393 e. The van der Waals surface area contributed by atoms with Crippen LogP contribution in [0.5, 0.6) is 0 Å². The molecule has 2 saturated heterocycles. The largest absolute Gasteiger partial charge is 0.393 e. The van der Waals surface area contributed by atoms with Gasteiger partial charge in [-0.2, -0.15) is 0 Å².